The van der Waals surface area contributed by atoms with Crippen LogP contribution in [0.1, 0.15) is 45.1 Å². The maximum atomic E-state index is 12.6. The van der Waals surface area contributed by atoms with Gasteiger partial charge in [-0.1, -0.05) is 44.2 Å². The first-order chi connectivity index (χ1) is 13.0. The van der Waals surface area contributed by atoms with E-state index in [4.69, 9.17) is 0 Å². The van der Waals surface area contributed by atoms with Gasteiger partial charge in [-0.2, -0.15) is 0 Å². The molecule has 2 fully saturated rings. The second-order valence-electron chi connectivity index (χ2n) is 8.47. The van der Waals surface area contributed by atoms with Crippen LogP contribution in [0, 0.1) is 11.8 Å². The standard InChI is InChI=1S/C22H33N3O2/c1-17(2)8-13-25-16-19(14-21(25)26)22(27)23-20-9-11-24(12-10-20)15-18-6-4-3-5-7-18/h3-7,17,19-20H,8-16H2,1-2H3,(H,23,27)/t19-/m1/s1. The lowest BCUT2D eigenvalue weighted by Gasteiger charge is -2.32. The van der Waals surface area contributed by atoms with Gasteiger partial charge in [0.2, 0.25) is 11.8 Å². The van der Waals surface area contributed by atoms with Gasteiger partial charge in [0, 0.05) is 45.2 Å². The summed E-state index contributed by atoms with van der Waals surface area (Å²) in [4.78, 5) is 29.1. The lowest BCUT2D eigenvalue weighted by atomic mass is 10.0. The molecule has 0 radical (unpaired) electrons. The van der Waals surface area contributed by atoms with Crippen LogP contribution in [0.2, 0.25) is 0 Å². The van der Waals surface area contributed by atoms with Crippen LogP contribution < -0.4 is 5.32 Å². The number of hydrogen-bond donors (Lipinski definition) is 1. The fourth-order valence-corrected chi connectivity index (χ4v) is 3.97. The molecule has 2 aliphatic rings. The zero-order valence-electron chi connectivity index (χ0n) is 16.7. The third kappa shape index (κ3) is 5.80. The average Bonchev–Trinajstić information content (AvgIpc) is 3.03. The summed E-state index contributed by atoms with van der Waals surface area (Å²) >= 11 is 0. The minimum absolute atomic E-state index is 0.0666. The summed E-state index contributed by atoms with van der Waals surface area (Å²) < 4.78 is 0. The highest BCUT2D eigenvalue weighted by Gasteiger charge is 2.35. The van der Waals surface area contributed by atoms with Gasteiger partial charge in [-0.05, 0) is 30.7 Å². The molecule has 3 rings (SSSR count). The molecule has 27 heavy (non-hydrogen) atoms. The molecule has 5 nitrogen and oxygen atoms in total. The Labute approximate surface area is 163 Å². The maximum absolute atomic E-state index is 12.6. The molecule has 1 aromatic rings. The third-order valence-corrected chi connectivity index (χ3v) is 5.74. The second kappa shape index (κ2) is 9.36. The van der Waals surface area contributed by atoms with Gasteiger partial charge in [0.15, 0.2) is 0 Å². The molecule has 1 N–H and O–H groups in total. The van der Waals surface area contributed by atoms with Gasteiger partial charge in [0.1, 0.15) is 0 Å². The molecule has 0 spiro atoms. The second-order valence-corrected chi connectivity index (χ2v) is 8.47. The van der Waals surface area contributed by atoms with E-state index >= 15 is 0 Å². The van der Waals surface area contributed by atoms with E-state index in [1.54, 1.807) is 0 Å². The number of nitrogens with zero attached hydrogens (tertiary/aromatic N) is 2. The van der Waals surface area contributed by atoms with E-state index in [1.165, 1.54) is 5.56 Å². The van der Waals surface area contributed by atoms with Crippen molar-refractivity contribution in [2.45, 2.75) is 52.1 Å². The first kappa shape index (κ1) is 19.9. The quantitative estimate of drug-likeness (QED) is 0.802. The van der Waals surface area contributed by atoms with Crippen LogP contribution in [0.5, 0.6) is 0 Å². The minimum Gasteiger partial charge on any atom is -0.353 e. The monoisotopic (exact) mass is 371 g/mol. The summed E-state index contributed by atoms with van der Waals surface area (Å²) in [5.74, 6) is 0.601. The van der Waals surface area contributed by atoms with Crippen molar-refractivity contribution in [3.05, 3.63) is 35.9 Å². The van der Waals surface area contributed by atoms with E-state index in [1.807, 2.05) is 11.0 Å². The Kier molecular flexibility index (Phi) is 6.89. The Hall–Kier alpha value is -1.88. The lowest BCUT2D eigenvalue weighted by Crippen LogP contribution is -2.46. The number of amides is 2. The van der Waals surface area contributed by atoms with Gasteiger partial charge < -0.3 is 10.2 Å². The first-order valence-electron chi connectivity index (χ1n) is 10.4. The van der Waals surface area contributed by atoms with Crippen molar-refractivity contribution in [3.8, 4) is 0 Å². The molecule has 148 valence electrons. The predicted molar refractivity (Wildman–Crippen MR) is 107 cm³/mol. The highest BCUT2D eigenvalue weighted by molar-refractivity contribution is 5.89. The largest absolute Gasteiger partial charge is 0.353 e. The van der Waals surface area contributed by atoms with E-state index in [0.717, 1.165) is 45.4 Å². The Bertz CT molecular complexity index is 624. The molecule has 0 saturated carbocycles. The van der Waals surface area contributed by atoms with Crippen LogP contribution in [-0.4, -0.2) is 53.8 Å². The first-order valence-corrected chi connectivity index (χ1v) is 10.4. The molecular formula is C22H33N3O2. The highest BCUT2D eigenvalue weighted by atomic mass is 16.2. The zero-order chi connectivity index (χ0) is 19.2. The summed E-state index contributed by atoms with van der Waals surface area (Å²) in [6.07, 6.45) is 3.34. The van der Waals surface area contributed by atoms with Crippen molar-refractivity contribution in [2.75, 3.05) is 26.2 Å². The van der Waals surface area contributed by atoms with Crippen molar-refractivity contribution in [3.63, 3.8) is 0 Å². The third-order valence-electron chi connectivity index (χ3n) is 5.74. The normalized spacial score (nSPS) is 21.8. The van der Waals surface area contributed by atoms with Gasteiger partial charge in [0.25, 0.3) is 0 Å². The fraction of sp³-hybridized carbons (Fsp3) is 0.636. The van der Waals surface area contributed by atoms with E-state index in [-0.39, 0.29) is 23.8 Å². The number of carbonyl (C=O) groups is 2. The molecule has 2 saturated heterocycles. The van der Waals surface area contributed by atoms with Crippen LogP contribution in [0.15, 0.2) is 30.3 Å². The molecular weight excluding hydrogens is 338 g/mol. The lowest BCUT2D eigenvalue weighted by molar-refractivity contribution is -0.129. The number of carbonyl (C=O) groups excluding carboxylic acids is 2. The van der Waals surface area contributed by atoms with E-state index < -0.39 is 0 Å². The summed E-state index contributed by atoms with van der Waals surface area (Å²) in [7, 11) is 0. The topological polar surface area (TPSA) is 52.7 Å². The minimum atomic E-state index is -0.174. The van der Waals surface area contributed by atoms with E-state index in [9.17, 15) is 9.59 Å². The number of hydrogen-bond acceptors (Lipinski definition) is 3. The molecule has 0 unspecified atom stereocenters. The van der Waals surface area contributed by atoms with E-state index in [0.29, 0.717) is 18.9 Å². The Balaban J connectivity index is 1.40. The molecule has 0 aliphatic carbocycles. The Morgan fingerprint density at radius 2 is 1.89 bits per heavy atom. The molecule has 5 heteroatoms. The summed E-state index contributed by atoms with van der Waals surface area (Å²) in [5.41, 5.74) is 1.34. The number of piperidine rings is 1. The van der Waals surface area contributed by atoms with Crippen molar-refractivity contribution in [2.24, 2.45) is 11.8 Å². The molecule has 2 aliphatic heterocycles. The predicted octanol–water partition coefficient (Wildman–Crippen LogP) is 2.66. The molecule has 2 heterocycles. The van der Waals surface area contributed by atoms with Crippen LogP contribution >= 0.6 is 0 Å². The zero-order valence-corrected chi connectivity index (χ0v) is 16.7. The van der Waals surface area contributed by atoms with Gasteiger partial charge in [-0.15, -0.1) is 0 Å². The van der Waals surface area contributed by atoms with E-state index in [2.05, 4.69) is 48.3 Å². The molecule has 0 bridgehead atoms. The van der Waals surface area contributed by atoms with Crippen molar-refractivity contribution in [1.29, 1.82) is 0 Å². The molecule has 2 amide bonds. The van der Waals surface area contributed by atoms with Crippen LogP contribution in [0.4, 0.5) is 0 Å². The number of nitrogens with one attached hydrogen (secondary N) is 1. The summed E-state index contributed by atoms with van der Waals surface area (Å²) in [6.45, 7) is 8.67. The fourth-order valence-electron chi connectivity index (χ4n) is 3.97. The molecule has 0 aromatic heterocycles. The summed E-state index contributed by atoms with van der Waals surface area (Å²) in [6, 6.07) is 10.8. The smallest absolute Gasteiger partial charge is 0.225 e. The van der Waals surface area contributed by atoms with Gasteiger partial charge in [0.05, 0.1) is 5.92 Å². The van der Waals surface area contributed by atoms with Crippen LogP contribution in [0.25, 0.3) is 0 Å². The van der Waals surface area contributed by atoms with Gasteiger partial charge in [-0.25, -0.2) is 0 Å². The molecule has 1 aromatic carbocycles. The summed E-state index contributed by atoms with van der Waals surface area (Å²) in [5, 5.41) is 3.21. The van der Waals surface area contributed by atoms with Crippen molar-refractivity contribution in [1.82, 2.24) is 15.1 Å². The van der Waals surface area contributed by atoms with Crippen LogP contribution in [0.3, 0.4) is 0 Å². The Morgan fingerprint density at radius 3 is 2.56 bits per heavy atom. The van der Waals surface area contributed by atoms with Gasteiger partial charge >= 0.3 is 0 Å². The maximum Gasteiger partial charge on any atom is 0.225 e. The van der Waals surface area contributed by atoms with Crippen molar-refractivity contribution < 1.29 is 9.59 Å². The number of rotatable bonds is 7. The van der Waals surface area contributed by atoms with Crippen molar-refractivity contribution >= 4 is 11.8 Å². The Morgan fingerprint density at radius 1 is 1.19 bits per heavy atom. The number of likely N-dealkylation sites (tertiary alicyclic amines) is 2. The number of benzene rings is 1. The molecule has 1 atom stereocenters. The SMILES string of the molecule is CC(C)CCN1C[C@H](C(=O)NC2CCN(Cc3ccccc3)CC2)CC1=O. The highest BCUT2D eigenvalue weighted by Crippen LogP contribution is 2.21. The van der Waals surface area contributed by atoms with Gasteiger partial charge in [-0.3, -0.25) is 14.5 Å². The average molecular weight is 372 g/mol. The van der Waals surface area contributed by atoms with Crippen LogP contribution in [-0.2, 0) is 16.1 Å².